The molecule has 0 saturated heterocycles. The van der Waals surface area contributed by atoms with E-state index in [0.717, 1.165) is 17.7 Å². The summed E-state index contributed by atoms with van der Waals surface area (Å²) in [5.41, 5.74) is 1.84. The van der Waals surface area contributed by atoms with Crippen LogP contribution in [0.15, 0.2) is 89.6 Å². The number of hydrogen-bond donors (Lipinski definition) is 3. The number of nitrogens with zero attached hydrogens (tertiary/aromatic N) is 2. The van der Waals surface area contributed by atoms with Gasteiger partial charge in [-0.3, -0.25) is 4.79 Å². The van der Waals surface area contributed by atoms with E-state index in [1.54, 1.807) is 49.4 Å². The van der Waals surface area contributed by atoms with E-state index in [-0.39, 0.29) is 35.5 Å². The van der Waals surface area contributed by atoms with Crippen LogP contribution in [0, 0.1) is 0 Å². The van der Waals surface area contributed by atoms with Crippen molar-refractivity contribution in [3.8, 4) is 11.5 Å². The minimum absolute atomic E-state index is 0.000849. The van der Waals surface area contributed by atoms with Crippen molar-refractivity contribution in [3.05, 3.63) is 96.1 Å². The Morgan fingerprint density at radius 3 is 2.42 bits per heavy atom. The zero-order chi connectivity index (χ0) is 28.9. The fourth-order valence-corrected chi connectivity index (χ4v) is 3.61. The van der Waals surface area contributed by atoms with Gasteiger partial charge >= 0.3 is 12.1 Å². The molecule has 208 valence electrons. The van der Waals surface area contributed by atoms with E-state index < -0.39 is 17.8 Å². The van der Waals surface area contributed by atoms with Gasteiger partial charge in [0, 0.05) is 30.7 Å². The third kappa shape index (κ3) is 9.09. The van der Waals surface area contributed by atoms with Crippen LogP contribution in [0.2, 0.25) is 0 Å². The van der Waals surface area contributed by atoms with Crippen LogP contribution in [0.4, 0.5) is 16.2 Å². The highest BCUT2D eigenvalue weighted by atomic mass is 16.5. The molecule has 3 aromatic rings. The Balaban J connectivity index is 1.46. The van der Waals surface area contributed by atoms with Gasteiger partial charge in [0.05, 0.1) is 24.0 Å². The first kappa shape index (κ1) is 29.6. The molecule has 1 unspecified atom stereocenters. The number of azo groups is 1. The number of esters is 1. The number of ether oxygens (including phenoxy) is 2. The summed E-state index contributed by atoms with van der Waals surface area (Å²) in [7, 11) is 0. The summed E-state index contributed by atoms with van der Waals surface area (Å²) in [5.74, 6) is -1.55. The van der Waals surface area contributed by atoms with Crippen molar-refractivity contribution in [1.29, 1.82) is 0 Å². The van der Waals surface area contributed by atoms with Gasteiger partial charge in [0.1, 0.15) is 17.2 Å². The second-order valence-electron chi connectivity index (χ2n) is 8.83. The van der Waals surface area contributed by atoms with E-state index >= 15 is 0 Å². The molecule has 1 amide bonds. The van der Waals surface area contributed by atoms with Crippen molar-refractivity contribution < 1.29 is 34.1 Å². The van der Waals surface area contributed by atoms with E-state index in [1.165, 1.54) is 6.07 Å². The molecule has 0 saturated carbocycles. The summed E-state index contributed by atoms with van der Waals surface area (Å²) in [6, 6.07) is 17.9. The molecule has 40 heavy (non-hydrogen) atoms. The topological polar surface area (TPSA) is 147 Å². The number of aromatic hydroxyl groups is 2. The number of nitrogens with one attached hydrogen (secondary N) is 1. The summed E-state index contributed by atoms with van der Waals surface area (Å²) in [4.78, 5) is 35.7. The molecule has 0 bridgehead atoms. The minimum atomic E-state index is -0.528. The molecule has 3 rings (SSSR count). The fraction of sp³-hybridized carbons (Fsp3) is 0.233. The maximum atomic E-state index is 12.7. The molecule has 0 aliphatic heterocycles. The Bertz CT molecular complexity index is 1360. The second kappa shape index (κ2) is 14.8. The molecule has 0 fully saturated rings. The second-order valence-corrected chi connectivity index (χ2v) is 8.83. The van der Waals surface area contributed by atoms with Crippen LogP contribution in [0.1, 0.15) is 41.3 Å². The van der Waals surface area contributed by atoms with Crippen LogP contribution >= 0.6 is 0 Å². The minimum Gasteiger partial charge on any atom is -0.507 e. The maximum absolute atomic E-state index is 12.7. The zero-order valence-electron chi connectivity index (χ0n) is 22.1. The quantitative estimate of drug-likeness (QED) is 0.0795. The van der Waals surface area contributed by atoms with E-state index in [2.05, 4.69) is 22.1 Å². The first-order valence-electron chi connectivity index (χ1n) is 12.7. The van der Waals surface area contributed by atoms with Crippen LogP contribution in [-0.4, -0.2) is 47.3 Å². The van der Waals surface area contributed by atoms with Gasteiger partial charge in [-0.05, 0) is 43.5 Å². The van der Waals surface area contributed by atoms with Gasteiger partial charge in [0.15, 0.2) is 5.78 Å². The van der Waals surface area contributed by atoms with Crippen LogP contribution in [0.5, 0.6) is 11.5 Å². The number of phenols is 2. The Kier molecular flexibility index (Phi) is 11.0. The summed E-state index contributed by atoms with van der Waals surface area (Å²) >= 11 is 0. The van der Waals surface area contributed by atoms with Gasteiger partial charge in [-0.25, -0.2) is 9.59 Å². The fourth-order valence-electron chi connectivity index (χ4n) is 3.61. The molecule has 0 aliphatic carbocycles. The number of ketones is 1. The van der Waals surface area contributed by atoms with Crippen LogP contribution in [-0.2, 0) is 20.7 Å². The Morgan fingerprint density at radius 1 is 1.00 bits per heavy atom. The molecule has 0 aliphatic rings. The van der Waals surface area contributed by atoms with Gasteiger partial charge in [-0.1, -0.05) is 49.0 Å². The summed E-state index contributed by atoms with van der Waals surface area (Å²) < 4.78 is 10.2. The van der Waals surface area contributed by atoms with Crippen molar-refractivity contribution in [1.82, 2.24) is 5.32 Å². The summed E-state index contributed by atoms with van der Waals surface area (Å²) in [6.45, 7) is 5.70. The standard InChI is InChI=1S/C30H31N3O7/c1-3-28(36)40-20(2)8-7-16-31-30(38)39-17-15-21-11-13-23(14-12-21)32-33-25-18-24(26(34)19-27(25)35)29(37)22-9-5-4-6-10-22/h3-6,9-14,18-20,34-35H,1,7-8,15-17H2,2H3,(H,31,38). The number of carbonyl (C=O) groups is 3. The van der Waals surface area contributed by atoms with Gasteiger partial charge in [-0.2, -0.15) is 5.11 Å². The van der Waals surface area contributed by atoms with Gasteiger partial charge < -0.3 is 25.0 Å². The predicted octanol–water partition coefficient (Wildman–Crippen LogP) is 5.91. The molecule has 0 radical (unpaired) electrons. The SMILES string of the molecule is C=CC(=O)OC(C)CCCNC(=O)OCCc1ccc(N=Nc2cc(C(=O)c3ccccc3)c(O)cc2O)cc1. The molecular formula is C30H31N3O7. The van der Waals surface area contributed by atoms with Gasteiger partial charge in [0.25, 0.3) is 0 Å². The van der Waals surface area contributed by atoms with Crippen molar-refractivity contribution in [2.24, 2.45) is 10.2 Å². The third-order valence-electron chi connectivity index (χ3n) is 5.75. The zero-order valence-corrected chi connectivity index (χ0v) is 22.1. The van der Waals surface area contributed by atoms with Crippen LogP contribution in [0.3, 0.4) is 0 Å². The number of phenolic OH excluding ortho intramolecular Hbond substituents is 2. The Labute approximate surface area is 232 Å². The normalized spacial score (nSPS) is 11.5. The Hall–Kier alpha value is -4.99. The lowest BCUT2D eigenvalue weighted by Crippen LogP contribution is -2.27. The van der Waals surface area contributed by atoms with Crippen molar-refractivity contribution in [2.45, 2.75) is 32.3 Å². The number of carbonyl (C=O) groups excluding carboxylic acids is 3. The van der Waals surface area contributed by atoms with Crippen molar-refractivity contribution in [3.63, 3.8) is 0 Å². The number of rotatable bonds is 13. The molecule has 1 atom stereocenters. The molecule has 10 heteroatoms. The monoisotopic (exact) mass is 545 g/mol. The molecule has 3 aromatic carbocycles. The molecule has 0 spiro atoms. The maximum Gasteiger partial charge on any atom is 0.407 e. The lowest BCUT2D eigenvalue weighted by atomic mass is 10.0. The van der Waals surface area contributed by atoms with E-state index in [1.807, 2.05) is 12.1 Å². The van der Waals surface area contributed by atoms with Crippen molar-refractivity contribution in [2.75, 3.05) is 13.2 Å². The van der Waals surface area contributed by atoms with Crippen molar-refractivity contribution >= 4 is 29.2 Å². The highest BCUT2D eigenvalue weighted by Gasteiger charge is 2.17. The molecule has 0 aromatic heterocycles. The average molecular weight is 546 g/mol. The number of hydrogen-bond acceptors (Lipinski definition) is 9. The third-order valence-corrected chi connectivity index (χ3v) is 5.75. The summed E-state index contributed by atoms with van der Waals surface area (Å²) in [5, 5.41) is 31.1. The first-order valence-corrected chi connectivity index (χ1v) is 12.7. The smallest absolute Gasteiger partial charge is 0.407 e. The predicted molar refractivity (Wildman–Crippen MR) is 148 cm³/mol. The lowest BCUT2D eigenvalue weighted by Gasteiger charge is -2.12. The summed E-state index contributed by atoms with van der Waals surface area (Å²) in [6.07, 6.45) is 2.04. The molecule has 3 N–H and O–H groups in total. The largest absolute Gasteiger partial charge is 0.507 e. The first-order chi connectivity index (χ1) is 19.3. The highest BCUT2D eigenvalue weighted by molar-refractivity contribution is 6.11. The lowest BCUT2D eigenvalue weighted by molar-refractivity contribution is -0.142. The number of alkyl carbamates (subject to hydrolysis) is 1. The number of amides is 1. The molecular weight excluding hydrogens is 514 g/mol. The van der Waals surface area contributed by atoms with E-state index in [9.17, 15) is 24.6 Å². The molecule has 10 nitrogen and oxygen atoms in total. The van der Waals surface area contributed by atoms with Gasteiger partial charge in [0.2, 0.25) is 0 Å². The van der Waals surface area contributed by atoms with Gasteiger partial charge in [-0.15, -0.1) is 5.11 Å². The average Bonchev–Trinajstić information content (AvgIpc) is 2.95. The van der Waals surface area contributed by atoms with Crippen LogP contribution < -0.4 is 5.32 Å². The van der Waals surface area contributed by atoms with E-state index in [4.69, 9.17) is 9.47 Å². The number of benzene rings is 3. The van der Waals surface area contributed by atoms with Crippen LogP contribution in [0.25, 0.3) is 0 Å². The highest BCUT2D eigenvalue weighted by Crippen LogP contribution is 2.35. The van der Waals surface area contributed by atoms with E-state index in [0.29, 0.717) is 37.1 Å². The Morgan fingerprint density at radius 2 is 1.73 bits per heavy atom. The molecule has 0 heterocycles.